The number of hydrogen-bond acceptors (Lipinski definition) is 5. The molecular weight excluding hydrogens is 361 g/mol. The summed E-state index contributed by atoms with van der Waals surface area (Å²) in [5.41, 5.74) is 1.00. The van der Waals surface area contributed by atoms with Gasteiger partial charge in [0.15, 0.2) is 0 Å². The Hall–Kier alpha value is -2.90. The summed E-state index contributed by atoms with van der Waals surface area (Å²) in [6.07, 6.45) is 0.0364. The molecule has 1 N–H and O–H groups in total. The highest BCUT2D eigenvalue weighted by atomic mass is 19.1. The summed E-state index contributed by atoms with van der Waals surface area (Å²) in [7, 11) is 0. The summed E-state index contributed by atoms with van der Waals surface area (Å²) in [4.78, 5) is 25.1. The zero-order valence-electron chi connectivity index (χ0n) is 16.7. The second-order valence-electron chi connectivity index (χ2n) is 7.15. The fourth-order valence-corrected chi connectivity index (χ4v) is 3.00. The molecule has 8 heteroatoms. The van der Waals surface area contributed by atoms with Crippen LogP contribution in [0.5, 0.6) is 5.88 Å². The number of aromatic nitrogens is 2. The number of carbonyl (C=O) groups excluding carboxylic acids is 1. The number of nitrogens with zero attached hydrogens (tertiary/aromatic N) is 4. The van der Waals surface area contributed by atoms with Crippen molar-refractivity contribution in [3.8, 4) is 5.88 Å². The predicted molar refractivity (Wildman–Crippen MR) is 106 cm³/mol. The van der Waals surface area contributed by atoms with Crippen molar-refractivity contribution in [2.45, 2.75) is 33.8 Å². The summed E-state index contributed by atoms with van der Waals surface area (Å²) < 4.78 is 19.3. The summed E-state index contributed by atoms with van der Waals surface area (Å²) >= 11 is 0. The zero-order valence-corrected chi connectivity index (χ0v) is 16.7. The second-order valence-corrected chi connectivity index (χ2v) is 7.15. The molecule has 0 spiro atoms. The number of amides is 2. The number of piperazine rings is 1. The van der Waals surface area contributed by atoms with Crippen LogP contribution in [-0.4, -0.2) is 53.2 Å². The van der Waals surface area contributed by atoms with Crippen molar-refractivity contribution < 1.29 is 13.9 Å². The number of nitrogens with one attached hydrogen (secondary N) is 1. The maximum Gasteiger partial charge on any atom is 0.321 e. The highest BCUT2D eigenvalue weighted by Gasteiger charge is 2.23. The number of aryl methyl sites for hydroxylation is 2. The zero-order chi connectivity index (χ0) is 20.3. The minimum atomic E-state index is -0.332. The van der Waals surface area contributed by atoms with Crippen LogP contribution in [0.4, 0.5) is 20.7 Å². The Bertz CT molecular complexity index is 850. The van der Waals surface area contributed by atoms with E-state index in [0.717, 1.165) is 5.82 Å². The van der Waals surface area contributed by atoms with Crippen molar-refractivity contribution in [1.82, 2.24) is 14.9 Å². The minimum Gasteiger partial charge on any atom is -0.475 e. The van der Waals surface area contributed by atoms with Gasteiger partial charge >= 0.3 is 6.03 Å². The van der Waals surface area contributed by atoms with Gasteiger partial charge in [-0.15, -0.1) is 0 Å². The highest BCUT2D eigenvalue weighted by Crippen LogP contribution is 2.20. The number of halogens is 1. The molecule has 0 bridgehead atoms. The molecule has 3 rings (SSSR count). The fraction of sp³-hybridized carbons (Fsp3) is 0.450. The van der Waals surface area contributed by atoms with E-state index in [0.29, 0.717) is 49.1 Å². The van der Waals surface area contributed by atoms with E-state index in [4.69, 9.17) is 4.74 Å². The van der Waals surface area contributed by atoms with Crippen molar-refractivity contribution in [2.24, 2.45) is 0 Å². The van der Waals surface area contributed by atoms with Gasteiger partial charge in [0, 0.05) is 37.9 Å². The Labute approximate surface area is 164 Å². The molecule has 0 aliphatic carbocycles. The van der Waals surface area contributed by atoms with E-state index in [1.165, 1.54) is 6.07 Å². The second kappa shape index (κ2) is 8.41. The van der Waals surface area contributed by atoms with Crippen LogP contribution in [0.3, 0.4) is 0 Å². The van der Waals surface area contributed by atoms with Gasteiger partial charge in [0.05, 0.1) is 6.10 Å². The van der Waals surface area contributed by atoms with Gasteiger partial charge in [0.25, 0.3) is 0 Å². The lowest BCUT2D eigenvalue weighted by Gasteiger charge is -2.35. The normalized spacial score (nSPS) is 14.4. The SMILES string of the molecule is Cc1nc(OC(C)C)cc(N2CCN(C(=O)Nc3ccc(C)c(F)c3)CC2)n1. The average molecular weight is 387 g/mol. The van der Waals surface area contributed by atoms with Crippen LogP contribution >= 0.6 is 0 Å². The molecule has 1 saturated heterocycles. The minimum absolute atomic E-state index is 0.0364. The molecule has 1 aliphatic heterocycles. The molecule has 1 aromatic carbocycles. The molecule has 0 saturated carbocycles. The number of benzene rings is 1. The summed E-state index contributed by atoms with van der Waals surface area (Å²) in [6.45, 7) is 9.81. The van der Waals surface area contributed by atoms with Crippen LogP contribution in [0.15, 0.2) is 24.3 Å². The predicted octanol–water partition coefficient (Wildman–Crippen LogP) is 3.37. The molecular formula is C20H26FN5O2. The number of carbonyl (C=O) groups is 1. The van der Waals surface area contributed by atoms with Crippen molar-refractivity contribution in [2.75, 3.05) is 36.4 Å². The van der Waals surface area contributed by atoms with Crippen molar-refractivity contribution in [1.29, 1.82) is 0 Å². The van der Waals surface area contributed by atoms with E-state index in [1.807, 2.05) is 26.8 Å². The third-order valence-electron chi connectivity index (χ3n) is 4.47. The lowest BCUT2D eigenvalue weighted by Crippen LogP contribution is -2.50. The number of anilines is 2. The van der Waals surface area contributed by atoms with E-state index in [1.54, 1.807) is 24.0 Å². The monoisotopic (exact) mass is 387 g/mol. The van der Waals surface area contributed by atoms with E-state index >= 15 is 0 Å². The van der Waals surface area contributed by atoms with Gasteiger partial charge in [0.2, 0.25) is 5.88 Å². The van der Waals surface area contributed by atoms with Crippen molar-refractivity contribution in [3.63, 3.8) is 0 Å². The Morgan fingerprint density at radius 1 is 1.14 bits per heavy atom. The standard InChI is InChI=1S/C20H26FN5O2/c1-13(2)28-19-12-18(22-15(4)23-19)25-7-9-26(10-8-25)20(27)24-16-6-5-14(3)17(21)11-16/h5-6,11-13H,7-10H2,1-4H3,(H,24,27). The molecule has 1 aliphatic rings. The van der Waals surface area contributed by atoms with Gasteiger partial charge in [-0.05, 0) is 45.4 Å². The van der Waals surface area contributed by atoms with Crippen molar-refractivity contribution >= 4 is 17.5 Å². The summed E-state index contributed by atoms with van der Waals surface area (Å²) in [6, 6.07) is 6.29. The van der Waals surface area contributed by atoms with Crippen LogP contribution in [0.2, 0.25) is 0 Å². The number of urea groups is 1. The van der Waals surface area contributed by atoms with Gasteiger partial charge in [0.1, 0.15) is 17.5 Å². The molecule has 2 heterocycles. The van der Waals surface area contributed by atoms with E-state index < -0.39 is 0 Å². The smallest absolute Gasteiger partial charge is 0.321 e. The maximum atomic E-state index is 13.7. The topological polar surface area (TPSA) is 70.6 Å². The number of ether oxygens (including phenoxy) is 1. The first-order valence-corrected chi connectivity index (χ1v) is 9.41. The number of rotatable bonds is 4. The fourth-order valence-electron chi connectivity index (χ4n) is 3.00. The van der Waals surface area contributed by atoms with Gasteiger partial charge in [-0.2, -0.15) is 4.98 Å². The molecule has 0 unspecified atom stereocenters. The van der Waals surface area contributed by atoms with Crippen LogP contribution in [0.1, 0.15) is 25.2 Å². The third-order valence-corrected chi connectivity index (χ3v) is 4.47. The van der Waals surface area contributed by atoms with Crippen molar-refractivity contribution in [3.05, 3.63) is 41.5 Å². The quantitative estimate of drug-likeness (QED) is 0.871. The molecule has 0 radical (unpaired) electrons. The lowest BCUT2D eigenvalue weighted by molar-refractivity contribution is 0.208. The molecule has 1 aromatic heterocycles. The largest absolute Gasteiger partial charge is 0.475 e. The lowest BCUT2D eigenvalue weighted by atomic mass is 10.2. The van der Waals surface area contributed by atoms with Gasteiger partial charge < -0.3 is 19.9 Å². The Balaban J connectivity index is 1.60. The Morgan fingerprint density at radius 2 is 1.86 bits per heavy atom. The third kappa shape index (κ3) is 4.88. The first kappa shape index (κ1) is 19.9. The Morgan fingerprint density at radius 3 is 2.50 bits per heavy atom. The molecule has 2 amide bonds. The van der Waals surface area contributed by atoms with E-state index in [9.17, 15) is 9.18 Å². The molecule has 28 heavy (non-hydrogen) atoms. The molecule has 0 atom stereocenters. The average Bonchev–Trinajstić information content (AvgIpc) is 2.64. The highest BCUT2D eigenvalue weighted by molar-refractivity contribution is 5.89. The van der Waals surface area contributed by atoms with E-state index in [2.05, 4.69) is 20.2 Å². The van der Waals surface area contributed by atoms with Crippen LogP contribution in [0, 0.1) is 19.7 Å². The maximum absolute atomic E-state index is 13.7. The van der Waals surface area contributed by atoms with Gasteiger partial charge in [-0.3, -0.25) is 0 Å². The first-order valence-electron chi connectivity index (χ1n) is 9.41. The first-order chi connectivity index (χ1) is 13.3. The number of hydrogen-bond donors (Lipinski definition) is 1. The van der Waals surface area contributed by atoms with E-state index in [-0.39, 0.29) is 18.0 Å². The van der Waals surface area contributed by atoms with Crippen LogP contribution in [-0.2, 0) is 0 Å². The van der Waals surface area contributed by atoms with Gasteiger partial charge in [-0.1, -0.05) is 6.07 Å². The van der Waals surface area contributed by atoms with Gasteiger partial charge in [-0.25, -0.2) is 14.2 Å². The summed E-state index contributed by atoms with van der Waals surface area (Å²) in [5.74, 6) is 1.67. The molecule has 7 nitrogen and oxygen atoms in total. The summed E-state index contributed by atoms with van der Waals surface area (Å²) in [5, 5.41) is 2.76. The van der Waals surface area contributed by atoms with Crippen LogP contribution < -0.4 is 15.0 Å². The van der Waals surface area contributed by atoms with Crippen LogP contribution in [0.25, 0.3) is 0 Å². The molecule has 2 aromatic rings. The molecule has 150 valence electrons. The molecule has 1 fully saturated rings. The Kier molecular flexibility index (Phi) is 5.96.